The lowest BCUT2D eigenvalue weighted by Gasteiger charge is -2.24. The standard InChI is InChI=1S/C22H15ClF4N4O2/c1-10-20-13(4-11(24)7-29-20)14-8-28-17(21(26)27)6-18(14)31(22(10)33)9-19(32)30-12-2-3-15(23)16(25)5-12/h2-8,10,21H,9H2,1H3,(H,30,32)/t10-/m1/s1. The summed E-state index contributed by atoms with van der Waals surface area (Å²) in [6, 6.07) is 5.74. The Morgan fingerprint density at radius 3 is 2.61 bits per heavy atom. The quantitative estimate of drug-likeness (QED) is 0.529. The van der Waals surface area contributed by atoms with Crippen molar-refractivity contribution in [1.29, 1.82) is 0 Å². The Kier molecular flexibility index (Phi) is 6.03. The molecule has 0 aliphatic carbocycles. The molecular weight excluding hydrogens is 464 g/mol. The van der Waals surface area contributed by atoms with Crippen molar-refractivity contribution < 1.29 is 27.2 Å². The zero-order valence-electron chi connectivity index (χ0n) is 17.0. The van der Waals surface area contributed by atoms with Gasteiger partial charge in [0.2, 0.25) is 11.8 Å². The van der Waals surface area contributed by atoms with Crippen LogP contribution in [0.15, 0.2) is 42.7 Å². The average Bonchev–Trinajstić information content (AvgIpc) is 2.85. The van der Waals surface area contributed by atoms with Crippen molar-refractivity contribution in [1.82, 2.24) is 9.97 Å². The van der Waals surface area contributed by atoms with Gasteiger partial charge in [-0.25, -0.2) is 17.6 Å². The average molecular weight is 479 g/mol. The summed E-state index contributed by atoms with van der Waals surface area (Å²) >= 11 is 5.64. The summed E-state index contributed by atoms with van der Waals surface area (Å²) in [6.45, 7) is 0.933. The van der Waals surface area contributed by atoms with Crippen LogP contribution in [0.3, 0.4) is 0 Å². The molecule has 0 bridgehead atoms. The summed E-state index contributed by atoms with van der Waals surface area (Å²) in [4.78, 5) is 34.7. The number of aromatic nitrogens is 2. The summed E-state index contributed by atoms with van der Waals surface area (Å²) < 4.78 is 54.4. The van der Waals surface area contributed by atoms with Crippen LogP contribution in [0.1, 0.15) is 30.7 Å². The van der Waals surface area contributed by atoms with Crippen LogP contribution in [-0.4, -0.2) is 28.3 Å². The Balaban J connectivity index is 1.76. The van der Waals surface area contributed by atoms with E-state index in [0.717, 1.165) is 35.5 Å². The van der Waals surface area contributed by atoms with Crippen LogP contribution in [0.5, 0.6) is 0 Å². The second-order valence-corrected chi connectivity index (χ2v) is 7.74. The van der Waals surface area contributed by atoms with Crippen LogP contribution < -0.4 is 10.2 Å². The Morgan fingerprint density at radius 2 is 1.91 bits per heavy atom. The maximum absolute atomic E-state index is 14.0. The molecule has 2 aromatic heterocycles. The highest BCUT2D eigenvalue weighted by atomic mass is 35.5. The molecule has 1 N–H and O–H groups in total. The molecule has 3 heterocycles. The number of halogens is 5. The van der Waals surface area contributed by atoms with Crippen LogP contribution in [0.25, 0.3) is 11.1 Å². The molecular formula is C22H15ClF4N4O2. The van der Waals surface area contributed by atoms with Gasteiger partial charge in [-0.15, -0.1) is 0 Å². The molecule has 170 valence electrons. The highest BCUT2D eigenvalue weighted by Crippen LogP contribution is 2.41. The molecule has 33 heavy (non-hydrogen) atoms. The first-order chi connectivity index (χ1) is 15.7. The van der Waals surface area contributed by atoms with Crippen molar-refractivity contribution in [3.8, 4) is 11.1 Å². The molecule has 0 radical (unpaired) electrons. The molecule has 1 aliphatic heterocycles. The van der Waals surface area contributed by atoms with Gasteiger partial charge in [-0.2, -0.15) is 0 Å². The van der Waals surface area contributed by atoms with Gasteiger partial charge in [0.1, 0.15) is 23.9 Å². The highest BCUT2D eigenvalue weighted by Gasteiger charge is 2.34. The predicted molar refractivity (Wildman–Crippen MR) is 113 cm³/mol. The Labute approximate surface area is 190 Å². The zero-order chi connectivity index (χ0) is 23.9. The van der Waals surface area contributed by atoms with Crippen LogP contribution in [-0.2, 0) is 9.59 Å². The minimum atomic E-state index is -2.94. The van der Waals surface area contributed by atoms with Gasteiger partial charge in [-0.1, -0.05) is 11.6 Å². The number of hydrogen-bond acceptors (Lipinski definition) is 4. The smallest absolute Gasteiger partial charge is 0.280 e. The van der Waals surface area contributed by atoms with E-state index in [2.05, 4.69) is 15.3 Å². The van der Waals surface area contributed by atoms with E-state index in [0.29, 0.717) is 0 Å². The van der Waals surface area contributed by atoms with Gasteiger partial charge in [-0.3, -0.25) is 19.6 Å². The van der Waals surface area contributed by atoms with E-state index in [1.54, 1.807) is 0 Å². The number of pyridine rings is 2. The Bertz CT molecular complexity index is 1270. The van der Waals surface area contributed by atoms with Gasteiger partial charge in [0.15, 0.2) is 0 Å². The number of carbonyl (C=O) groups excluding carboxylic acids is 2. The summed E-state index contributed by atoms with van der Waals surface area (Å²) in [6.07, 6.45) is -0.897. The fourth-order valence-corrected chi connectivity index (χ4v) is 3.69. The number of amides is 2. The van der Waals surface area contributed by atoms with Gasteiger partial charge in [-0.05, 0) is 37.3 Å². The lowest BCUT2D eigenvalue weighted by Crippen LogP contribution is -2.40. The fourth-order valence-electron chi connectivity index (χ4n) is 3.57. The molecule has 0 spiro atoms. The van der Waals surface area contributed by atoms with E-state index in [1.807, 2.05) is 0 Å². The number of fused-ring (bicyclic) bond motifs is 3. The maximum atomic E-state index is 14.0. The van der Waals surface area contributed by atoms with Crippen LogP contribution >= 0.6 is 11.6 Å². The third-order valence-corrected chi connectivity index (χ3v) is 5.45. The number of rotatable bonds is 4. The minimum absolute atomic E-state index is 0.0410. The number of alkyl halides is 2. The molecule has 2 amide bonds. The second-order valence-electron chi connectivity index (χ2n) is 7.34. The number of carbonyl (C=O) groups is 2. The van der Waals surface area contributed by atoms with Gasteiger partial charge in [0.25, 0.3) is 6.43 Å². The molecule has 1 aliphatic rings. The zero-order valence-corrected chi connectivity index (χ0v) is 17.7. The number of benzene rings is 1. The first-order valence-corrected chi connectivity index (χ1v) is 10.0. The highest BCUT2D eigenvalue weighted by molar-refractivity contribution is 6.30. The summed E-state index contributed by atoms with van der Waals surface area (Å²) in [5.74, 6) is -3.69. The molecule has 0 unspecified atom stereocenters. The third-order valence-electron chi connectivity index (χ3n) is 5.14. The van der Waals surface area contributed by atoms with E-state index in [-0.39, 0.29) is 33.2 Å². The summed E-state index contributed by atoms with van der Waals surface area (Å²) in [5, 5.41) is 2.30. The molecule has 0 saturated carbocycles. The minimum Gasteiger partial charge on any atom is -0.324 e. The van der Waals surface area contributed by atoms with Crippen molar-refractivity contribution in [3.05, 3.63) is 70.8 Å². The van der Waals surface area contributed by atoms with Crippen LogP contribution in [0.4, 0.5) is 28.9 Å². The second kappa shape index (κ2) is 8.78. The van der Waals surface area contributed by atoms with E-state index in [9.17, 15) is 27.2 Å². The van der Waals surface area contributed by atoms with Gasteiger partial charge in [0, 0.05) is 23.0 Å². The number of nitrogens with zero attached hydrogens (tertiary/aromatic N) is 3. The van der Waals surface area contributed by atoms with E-state index in [1.165, 1.54) is 19.1 Å². The Hall–Kier alpha value is -3.53. The molecule has 3 aromatic rings. The first kappa shape index (κ1) is 22.7. The normalized spacial score (nSPS) is 15.2. The van der Waals surface area contributed by atoms with E-state index in [4.69, 9.17) is 11.6 Å². The van der Waals surface area contributed by atoms with Crippen molar-refractivity contribution in [2.75, 3.05) is 16.8 Å². The molecule has 4 rings (SSSR count). The van der Waals surface area contributed by atoms with Crippen molar-refractivity contribution in [3.63, 3.8) is 0 Å². The largest absolute Gasteiger partial charge is 0.324 e. The maximum Gasteiger partial charge on any atom is 0.280 e. The SMILES string of the molecule is C[C@H]1C(=O)N(CC(=O)Nc2ccc(Cl)c(F)c2)c2cc(C(F)F)ncc2-c2cc(F)cnc21. The van der Waals surface area contributed by atoms with Gasteiger partial charge >= 0.3 is 0 Å². The monoisotopic (exact) mass is 478 g/mol. The van der Waals surface area contributed by atoms with Crippen molar-refractivity contribution in [2.24, 2.45) is 0 Å². The van der Waals surface area contributed by atoms with Gasteiger partial charge < -0.3 is 10.2 Å². The molecule has 11 heteroatoms. The topological polar surface area (TPSA) is 75.2 Å². The molecule has 6 nitrogen and oxygen atoms in total. The summed E-state index contributed by atoms with van der Waals surface area (Å²) in [5.41, 5.74) is 0.0311. The van der Waals surface area contributed by atoms with Crippen molar-refractivity contribution >= 4 is 34.8 Å². The van der Waals surface area contributed by atoms with Crippen molar-refractivity contribution in [2.45, 2.75) is 19.3 Å². The lowest BCUT2D eigenvalue weighted by molar-refractivity contribution is -0.122. The number of nitrogens with one attached hydrogen (secondary N) is 1. The fraction of sp³-hybridized carbons (Fsp3) is 0.182. The third kappa shape index (κ3) is 4.38. The molecule has 1 atom stereocenters. The molecule has 1 aromatic carbocycles. The van der Waals surface area contributed by atoms with Crippen LogP contribution in [0, 0.1) is 11.6 Å². The summed E-state index contributed by atoms with van der Waals surface area (Å²) in [7, 11) is 0. The first-order valence-electron chi connectivity index (χ1n) is 9.66. The Morgan fingerprint density at radius 1 is 1.15 bits per heavy atom. The van der Waals surface area contributed by atoms with Gasteiger partial charge in [0.05, 0.1) is 28.5 Å². The number of anilines is 2. The number of hydrogen-bond donors (Lipinski definition) is 1. The van der Waals surface area contributed by atoms with E-state index < -0.39 is 48.0 Å². The van der Waals surface area contributed by atoms with Crippen LogP contribution in [0.2, 0.25) is 5.02 Å². The van der Waals surface area contributed by atoms with E-state index >= 15 is 0 Å². The molecule has 0 fully saturated rings. The lowest BCUT2D eigenvalue weighted by atomic mass is 9.98. The molecule has 0 saturated heterocycles. The predicted octanol–water partition coefficient (Wildman–Crippen LogP) is 5.10.